The van der Waals surface area contributed by atoms with Gasteiger partial charge in [-0.25, -0.2) is 0 Å². The number of fused-ring (bicyclic) bond motifs is 1. The van der Waals surface area contributed by atoms with Crippen molar-refractivity contribution in [2.45, 2.75) is 25.9 Å². The Labute approximate surface area is 170 Å². The van der Waals surface area contributed by atoms with Gasteiger partial charge in [-0.3, -0.25) is 9.48 Å². The largest absolute Gasteiger partial charge is 0.493 e. The van der Waals surface area contributed by atoms with Gasteiger partial charge in [0.05, 0.1) is 26.5 Å². The summed E-state index contributed by atoms with van der Waals surface area (Å²) in [4.78, 5) is 15.2. The number of nitrogens with zero attached hydrogens (tertiary/aromatic N) is 3. The van der Waals surface area contributed by atoms with Crippen molar-refractivity contribution in [3.63, 3.8) is 0 Å². The van der Waals surface area contributed by atoms with Crippen LogP contribution in [-0.2, 0) is 17.8 Å². The number of benzene rings is 2. The molecule has 2 aromatic carbocycles. The van der Waals surface area contributed by atoms with Gasteiger partial charge >= 0.3 is 0 Å². The first-order valence-corrected chi connectivity index (χ1v) is 9.69. The van der Waals surface area contributed by atoms with Crippen LogP contribution in [0.3, 0.4) is 0 Å². The van der Waals surface area contributed by atoms with E-state index >= 15 is 0 Å². The zero-order valence-electron chi connectivity index (χ0n) is 17.0. The molecule has 3 aromatic rings. The van der Waals surface area contributed by atoms with E-state index in [9.17, 15) is 4.79 Å². The Morgan fingerprint density at radius 3 is 2.52 bits per heavy atom. The van der Waals surface area contributed by atoms with Crippen molar-refractivity contribution >= 4 is 5.91 Å². The normalized spacial score (nSPS) is 15.7. The second-order valence-corrected chi connectivity index (χ2v) is 7.27. The number of aryl methyl sites for hydroxylation is 1. The van der Waals surface area contributed by atoms with Gasteiger partial charge in [0, 0.05) is 12.7 Å². The maximum Gasteiger partial charge on any atom is 0.245 e. The van der Waals surface area contributed by atoms with E-state index in [0.717, 1.165) is 23.1 Å². The molecule has 0 N–H and O–H groups in total. The smallest absolute Gasteiger partial charge is 0.245 e. The molecule has 2 heterocycles. The number of hydrogen-bond donors (Lipinski definition) is 0. The van der Waals surface area contributed by atoms with Crippen molar-refractivity contribution < 1.29 is 14.3 Å². The number of rotatable bonds is 5. The monoisotopic (exact) mass is 391 g/mol. The Kier molecular flexibility index (Phi) is 5.25. The van der Waals surface area contributed by atoms with Crippen molar-refractivity contribution in [2.75, 3.05) is 20.8 Å². The first-order chi connectivity index (χ1) is 14.1. The number of methoxy groups -OCH3 is 2. The van der Waals surface area contributed by atoms with Crippen LogP contribution in [0.2, 0.25) is 0 Å². The fraction of sp³-hybridized carbons (Fsp3) is 0.304. The standard InChI is InChI=1S/C23H25N3O3/c1-16-13-24-25(14-16)15-22(27)26-10-9-18-11-20(28-2)21(29-3)12-19(18)23(26)17-7-5-4-6-8-17/h4-8,11-14,23H,9-10,15H2,1-3H3. The Balaban J connectivity index is 1.75. The molecule has 1 unspecified atom stereocenters. The van der Waals surface area contributed by atoms with Gasteiger partial charge in [-0.15, -0.1) is 0 Å². The third kappa shape index (κ3) is 3.70. The second kappa shape index (κ2) is 7.99. The summed E-state index contributed by atoms with van der Waals surface area (Å²) in [7, 11) is 3.28. The molecule has 0 bridgehead atoms. The number of aromatic nitrogens is 2. The number of carbonyl (C=O) groups excluding carboxylic acids is 1. The summed E-state index contributed by atoms with van der Waals surface area (Å²) in [6.45, 7) is 2.83. The first-order valence-electron chi connectivity index (χ1n) is 9.69. The van der Waals surface area contributed by atoms with E-state index < -0.39 is 0 Å². The number of hydrogen-bond acceptors (Lipinski definition) is 4. The Morgan fingerprint density at radius 1 is 1.14 bits per heavy atom. The first kappa shape index (κ1) is 19.1. The third-order valence-corrected chi connectivity index (χ3v) is 5.37. The predicted molar refractivity (Wildman–Crippen MR) is 110 cm³/mol. The third-order valence-electron chi connectivity index (χ3n) is 5.37. The van der Waals surface area contributed by atoms with E-state index in [1.807, 2.05) is 48.4 Å². The van der Waals surface area contributed by atoms with E-state index in [4.69, 9.17) is 9.47 Å². The summed E-state index contributed by atoms with van der Waals surface area (Å²) < 4.78 is 12.7. The Bertz CT molecular complexity index is 1010. The fourth-order valence-electron chi connectivity index (χ4n) is 3.99. The molecule has 0 spiro atoms. The molecule has 6 nitrogen and oxygen atoms in total. The van der Waals surface area contributed by atoms with Gasteiger partial charge < -0.3 is 14.4 Å². The van der Waals surface area contributed by atoms with Gasteiger partial charge in [0.25, 0.3) is 0 Å². The molecule has 0 saturated carbocycles. The Hall–Kier alpha value is -3.28. The molecule has 1 amide bonds. The van der Waals surface area contributed by atoms with Crippen molar-refractivity contribution in [2.24, 2.45) is 0 Å². The predicted octanol–water partition coefficient (Wildman–Crippen LogP) is 3.38. The number of ether oxygens (including phenoxy) is 2. The molecule has 0 radical (unpaired) electrons. The fourth-order valence-corrected chi connectivity index (χ4v) is 3.99. The zero-order chi connectivity index (χ0) is 20.4. The van der Waals surface area contributed by atoms with Crippen LogP contribution in [0.15, 0.2) is 54.9 Å². The van der Waals surface area contributed by atoms with Crippen molar-refractivity contribution in [1.29, 1.82) is 0 Å². The number of amides is 1. The summed E-state index contributed by atoms with van der Waals surface area (Å²) in [6.07, 6.45) is 4.43. The average Bonchev–Trinajstić information content (AvgIpc) is 3.16. The molecule has 0 aliphatic carbocycles. The summed E-state index contributed by atoms with van der Waals surface area (Å²) in [5, 5.41) is 4.28. The molecular weight excluding hydrogens is 366 g/mol. The summed E-state index contributed by atoms with van der Waals surface area (Å²) in [6, 6.07) is 14.0. The van der Waals surface area contributed by atoms with Crippen LogP contribution in [0.5, 0.6) is 11.5 Å². The van der Waals surface area contributed by atoms with Crippen molar-refractivity contribution in [3.05, 3.63) is 77.1 Å². The van der Waals surface area contributed by atoms with Gasteiger partial charge in [-0.1, -0.05) is 30.3 Å². The highest BCUT2D eigenvalue weighted by Gasteiger charge is 2.33. The SMILES string of the molecule is COc1cc2c(cc1OC)C(c1ccccc1)N(C(=O)Cn1cc(C)cn1)CC2. The zero-order valence-corrected chi connectivity index (χ0v) is 17.0. The molecule has 6 heteroatoms. The molecule has 1 aliphatic heterocycles. The maximum absolute atomic E-state index is 13.3. The molecule has 1 aliphatic rings. The van der Waals surface area contributed by atoms with Crippen LogP contribution < -0.4 is 9.47 Å². The van der Waals surface area contributed by atoms with Crippen LogP contribution in [0, 0.1) is 6.92 Å². The summed E-state index contributed by atoms with van der Waals surface area (Å²) in [5.41, 5.74) is 4.37. The lowest BCUT2D eigenvalue weighted by atomic mass is 9.87. The van der Waals surface area contributed by atoms with E-state index in [-0.39, 0.29) is 18.5 Å². The topological polar surface area (TPSA) is 56.6 Å². The quantitative estimate of drug-likeness (QED) is 0.669. The summed E-state index contributed by atoms with van der Waals surface area (Å²) in [5.74, 6) is 1.43. The van der Waals surface area contributed by atoms with Gasteiger partial charge in [-0.05, 0) is 47.7 Å². The average molecular weight is 391 g/mol. The Morgan fingerprint density at radius 2 is 1.86 bits per heavy atom. The molecule has 150 valence electrons. The second-order valence-electron chi connectivity index (χ2n) is 7.27. The molecule has 1 aromatic heterocycles. The van der Waals surface area contributed by atoms with Crippen molar-refractivity contribution in [1.82, 2.24) is 14.7 Å². The molecule has 0 fully saturated rings. The van der Waals surface area contributed by atoms with Crippen LogP contribution >= 0.6 is 0 Å². The van der Waals surface area contributed by atoms with Crippen LogP contribution in [0.4, 0.5) is 0 Å². The van der Waals surface area contributed by atoms with Gasteiger partial charge in [-0.2, -0.15) is 5.10 Å². The highest BCUT2D eigenvalue weighted by atomic mass is 16.5. The summed E-state index contributed by atoms with van der Waals surface area (Å²) >= 11 is 0. The molecule has 4 rings (SSSR count). The van der Waals surface area contributed by atoms with Crippen LogP contribution in [0.1, 0.15) is 28.3 Å². The van der Waals surface area contributed by atoms with Gasteiger partial charge in [0.2, 0.25) is 5.91 Å². The van der Waals surface area contributed by atoms with Gasteiger partial charge in [0.1, 0.15) is 6.54 Å². The molecule has 1 atom stereocenters. The van der Waals surface area contributed by atoms with Crippen LogP contribution in [0.25, 0.3) is 0 Å². The highest BCUT2D eigenvalue weighted by Crippen LogP contribution is 2.41. The van der Waals surface area contributed by atoms with E-state index in [1.165, 1.54) is 5.56 Å². The minimum atomic E-state index is -0.177. The van der Waals surface area contributed by atoms with E-state index in [0.29, 0.717) is 18.0 Å². The van der Waals surface area contributed by atoms with E-state index in [2.05, 4.69) is 17.2 Å². The minimum absolute atomic E-state index is 0.0439. The van der Waals surface area contributed by atoms with Crippen molar-refractivity contribution in [3.8, 4) is 11.5 Å². The van der Waals surface area contributed by atoms with Crippen LogP contribution in [-0.4, -0.2) is 41.4 Å². The lowest BCUT2D eigenvalue weighted by Gasteiger charge is -2.38. The lowest BCUT2D eigenvalue weighted by Crippen LogP contribution is -2.42. The molecule has 29 heavy (non-hydrogen) atoms. The maximum atomic E-state index is 13.3. The van der Waals surface area contributed by atoms with E-state index in [1.54, 1.807) is 25.1 Å². The molecular formula is C23H25N3O3. The minimum Gasteiger partial charge on any atom is -0.493 e. The van der Waals surface area contributed by atoms with Gasteiger partial charge in [0.15, 0.2) is 11.5 Å². The molecule has 0 saturated heterocycles. The highest BCUT2D eigenvalue weighted by molar-refractivity contribution is 5.77. The lowest BCUT2D eigenvalue weighted by molar-refractivity contribution is -0.134. The number of carbonyl (C=O) groups is 1.